The lowest BCUT2D eigenvalue weighted by molar-refractivity contribution is -0.120. The number of anilines is 1. The average Bonchev–Trinajstić information content (AvgIpc) is 2.35. The lowest BCUT2D eigenvalue weighted by Crippen LogP contribution is -2.37. The third-order valence-corrected chi connectivity index (χ3v) is 3.38. The van der Waals surface area contributed by atoms with Crippen molar-refractivity contribution in [2.45, 2.75) is 19.8 Å². The summed E-state index contributed by atoms with van der Waals surface area (Å²) in [5.74, 6) is 0.116. The van der Waals surface area contributed by atoms with Gasteiger partial charge < -0.3 is 10.6 Å². The first-order valence-corrected chi connectivity index (χ1v) is 6.32. The first kappa shape index (κ1) is 12.4. The Morgan fingerprint density at radius 1 is 1.53 bits per heavy atom. The van der Waals surface area contributed by atoms with Crippen molar-refractivity contribution >= 4 is 23.2 Å². The van der Waals surface area contributed by atoms with Crippen LogP contribution in [0.5, 0.6) is 0 Å². The van der Waals surface area contributed by atoms with E-state index in [1.165, 1.54) is 0 Å². The third kappa shape index (κ3) is 3.20. The van der Waals surface area contributed by atoms with E-state index < -0.39 is 0 Å². The van der Waals surface area contributed by atoms with Gasteiger partial charge in [-0.25, -0.2) is 0 Å². The third-order valence-electron chi connectivity index (χ3n) is 3.05. The zero-order valence-electron chi connectivity index (χ0n) is 9.92. The van der Waals surface area contributed by atoms with E-state index in [4.69, 9.17) is 11.6 Å². The van der Waals surface area contributed by atoms with Crippen LogP contribution in [0.2, 0.25) is 5.02 Å². The van der Waals surface area contributed by atoms with Crippen LogP contribution in [0.3, 0.4) is 0 Å². The number of nitrogens with one attached hydrogen (secondary N) is 2. The van der Waals surface area contributed by atoms with E-state index in [1.807, 2.05) is 25.1 Å². The van der Waals surface area contributed by atoms with Gasteiger partial charge in [0.2, 0.25) is 5.91 Å². The predicted octanol–water partition coefficient (Wildman–Crippen LogP) is 2.59. The number of piperidine rings is 1. The number of hydrogen-bond acceptors (Lipinski definition) is 2. The van der Waals surface area contributed by atoms with Gasteiger partial charge in [-0.1, -0.05) is 17.7 Å². The SMILES string of the molecule is Cc1ccc(Cl)c(NC(=O)C2CCCNC2)c1. The molecule has 2 N–H and O–H groups in total. The topological polar surface area (TPSA) is 41.1 Å². The van der Waals surface area contributed by atoms with Crippen molar-refractivity contribution in [3.05, 3.63) is 28.8 Å². The summed E-state index contributed by atoms with van der Waals surface area (Å²) in [4.78, 5) is 12.0. The summed E-state index contributed by atoms with van der Waals surface area (Å²) in [7, 11) is 0. The summed E-state index contributed by atoms with van der Waals surface area (Å²) in [5, 5.41) is 6.73. The molecular formula is C13H17ClN2O. The molecule has 1 aromatic carbocycles. The second-order valence-electron chi connectivity index (χ2n) is 4.52. The predicted molar refractivity (Wildman–Crippen MR) is 70.4 cm³/mol. The molecule has 0 aliphatic carbocycles. The molecule has 1 heterocycles. The van der Waals surface area contributed by atoms with Crippen LogP contribution >= 0.6 is 11.6 Å². The fraction of sp³-hybridized carbons (Fsp3) is 0.462. The van der Waals surface area contributed by atoms with Crippen molar-refractivity contribution in [3.63, 3.8) is 0 Å². The lowest BCUT2D eigenvalue weighted by Gasteiger charge is -2.22. The first-order valence-electron chi connectivity index (χ1n) is 5.94. The van der Waals surface area contributed by atoms with Gasteiger partial charge in [0, 0.05) is 6.54 Å². The standard InChI is InChI=1S/C13H17ClN2O/c1-9-4-5-11(14)12(7-9)16-13(17)10-3-2-6-15-8-10/h4-5,7,10,15H,2-3,6,8H2,1H3,(H,16,17). The minimum absolute atomic E-state index is 0.0559. The monoisotopic (exact) mass is 252 g/mol. The molecule has 1 saturated heterocycles. The molecule has 1 aliphatic rings. The zero-order chi connectivity index (χ0) is 12.3. The number of benzene rings is 1. The summed E-state index contributed by atoms with van der Waals surface area (Å²) in [5.41, 5.74) is 1.80. The number of carbonyl (C=O) groups is 1. The number of hydrogen-bond donors (Lipinski definition) is 2. The highest BCUT2D eigenvalue weighted by Crippen LogP contribution is 2.24. The summed E-state index contributed by atoms with van der Waals surface area (Å²) in [6.07, 6.45) is 2.00. The number of aryl methyl sites for hydroxylation is 1. The molecule has 0 spiro atoms. The molecule has 1 aromatic rings. The molecule has 17 heavy (non-hydrogen) atoms. The van der Waals surface area contributed by atoms with Crippen LogP contribution in [-0.4, -0.2) is 19.0 Å². The molecule has 1 unspecified atom stereocenters. The van der Waals surface area contributed by atoms with Crippen LogP contribution < -0.4 is 10.6 Å². The second-order valence-corrected chi connectivity index (χ2v) is 4.92. The van der Waals surface area contributed by atoms with Crippen molar-refractivity contribution < 1.29 is 4.79 Å². The van der Waals surface area contributed by atoms with Gasteiger partial charge in [0.25, 0.3) is 0 Å². The maximum atomic E-state index is 12.0. The van der Waals surface area contributed by atoms with E-state index in [9.17, 15) is 4.79 Å². The molecule has 0 bridgehead atoms. The molecule has 1 atom stereocenters. The highest BCUT2D eigenvalue weighted by atomic mass is 35.5. The molecule has 3 nitrogen and oxygen atoms in total. The van der Waals surface area contributed by atoms with Crippen molar-refractivity contribution in [1.29, 1.82) is 0 Å². The van der Waals surface area contributed by atoms with Gasteiger partial charge in [0.1, 0.15) is 0 Å². The van der Waals surface area contributed by atoms with Crippen molar-refractivity contribution in [3.8, 4) is 0 Å². The summed E-state index contributed by atoms with van der Waals surface area (Å²) < 4.78 is 0. The Labute approximate surface area is 107 Å². The Bertz CT molecular complexity index is 414. The van der Waals surface area contributed by atoms with E-state index in [-0.39, 0.29) is 11.8 Å². The minimum Gasteiger partial charge on any atom is -0.324 e. The van der Waals surface area contributed by atoms with Crippen LogP contribution in [0.4, 0.5) is 5.69 Å². The summed E-state index contributed by atoms with van der Waals surface area (Å²) >= 11 is 6.05. The smallest absolute Gasteiger partial charge is 0.228 e. The number of carbonyl (C=O) groups excluding carboxylic acids is 1. The Kier molecular flexibility index (Phi) is 4.02. The van der Waals surface area contributed by atoms with Crippen molar-refractivity contribution in [2.24, 2.45) is 5.92 Å². The van der Waals surface area contributed by atoms with Crippen LogP contribution in [0.1, 0.15) is 18.4 Å². The van der Waals surface area contributed by atoms with Crippen LogP contribution in [0.15, 0.2) is 18.2 Å². The van der Waals surface area contributed by atoms with Crippen molar-refractivity contribution in [1.82, 2.24) is 5.32 Å². The van der Waals surface area contributed by atoms with Gasteiger partial charge in [-0.05, 0) is 44.0 Å². The highest BCUT2D eigenvalue weighted by molar-refractivity contribution is 6.33. The first-order chi connectivity index (χ1) is 8.16. The van der Waals surface area contributed by atoms with E-state index in [1.54, 1.807) is 0 Å². The van der Waals surface area contributed by atoms with Gasteiger partial charge in [0.15, 0.2) is 0 Å². The number of halogens is 1. The molecule has 92 valence electrons. The van der Waals surface area contributed by atoms with Gasteiger partial charge >= 0.3 is 0 Å². The van der Waals surface area contributed by atoms with Gasteiger partial charge in [-0.15, -0.1) is 0 Å². The molecule has 2 rings (SSSR count). The fourth-order valence-corrected chi connectivity index (χ4v) is 2.21. The quantitative estimate of drug-likeness (QED) is 0.850. The van der Waals surface area contributed by atoms with Crippen molar-refractivity contribution in [2.75, 3.05) is 18.4 Å². The second kappa shape index (κ2) is 5.52. The normalized spacial score (nSPS) is 20.0. The van der Waals surface area contributed by atoms with E-state index >= 15 is 0 Å². The van der Waals surface area contributed by atoms with Gasteiger partial charge in [0.05, 0.1) is 16.6 Å². The van der Waals surface area contributed by atoms with Gasteiger partial charge in [-0.3, -0.25) is 4.79 Å². The fourth-order valence-electron chi connectivity index (χ4n) is 2.05. The van der Waals surface area contributed by atoms with Crippen LogP contribution in [0.25, 0.3) is 0 Å². The Balaban J connectivity index is 2.04. The maximum Gasteiger partial charge on any atom is 0.228 e. The summed E-state index contributed by atoms with van der Waals surface area (Å²) in [6.45, 7) is 3.75. The van der Waals surface area contributed by atoms with E-state index in [2.05, 4.69) is 10.6 Å². The molecule has 1 aliphatic heterocycles. The Morgan fingerprint density at radius 2 is 2.35 bits per heavy atom. The zero-order valence-corrected chi connectivity index (χ0v) is 10.7. The van der Waals surface area contributed by atoms with E-state index in [0.29, 0.717) is 10.7 Å². The van der Waals surface area contributed by atoms with Crippen LogP contribution in [0, 0.1) is 12.8 Å². The number of amides is 1. The molecule has 0 radical (unpaired) electrons. The molecule has 0 aromatic heterocycles. The number of rotatable bonds is 2. The molecule has 4 heteroatoms. The summed E-state index contributed by atoms with van der Waals surface area (Å²) in [6, 6.07) is 5.64. The Morgan fingerprint density at radius 3 is 3.06 bits per heavy atom. The molecule has 1 amide bonds. The minimum atomic E-state index is 0.0559. The average molecular weight is 253 g/mol. The molecule has 0 saturated carbocycles. The Hall–Kier alpha value is -1.06. The van der Waals surface area contributed by atoms with E-state index in [0.717, 1.165) is 31.5 Å². The highest BCUT2D eigenvalue weighted by Gasteiger charge is 2.21. The largest absolute Gasteiger partial charge is 0.324 e. The molecule has 1 fully saturated rings. The maximum absolute atomic E-state index is 12.0. The van der Waals surface area contributed by atoms with Gasteiger partial charge in [-0.2, -0.15) is 0 Å². The molecular weight excluding hydrogens is 236 g/mol. The van der Waals surface area contributed by atoms with Crippen LogP contribution in [-0.2, 0) is 4.79 Å². The lowest BCUT2D eigenvalue weighted by atomic mass is 9.99.